The molecular weight excluding hydrogens is 446 g/mol. The zero-order valence-electron chi connectivity index (χ0n) is 19.2. The zero-order valence-corrected chi connectivity index (χ0v) is 20.7. The highest BCUT2D eigenvalue weighted by molar-refractivity contribution is 6.40. The van der Waals surface area contributed by atoms with Crippen molar-refractivity contribution in [3.8, 4) is 0 Å². The van der Waals surface area contributed by atoms with E-state index in [4.69, 9.17) is 23.2 Å². The topological polar surface area (TPSA) is 23.6 Å². The van der Waals surface area contributed by atoms with Gasteiger partial charge in [0.25, 0.3) is 0 Å². The molecule has 32 heavy (non-hydrogen) atoms. The molecule has 3 rings (SSSR count). The Bertz CT molecular complexity index is 911. The second-order valence-corrected chi connectivity index (χ2v) is 10.1. The van der Waals surface area contributed by atoms with E-state index >= 15 is 0 Å². The third-order valence-corrected chi connectivity index (χ3v) is 6.78. The largest absolute Gasteiger partial charge is 0.309 e. The van der Waals surface area contributed by atoms with E-state index in [2.05, 4.69) is 19.0 Å². The zero-order chi connectivity index (χ0) is 23.3. The summed E-state index contributed by atoms with van der Waals surface area (Å²) in [6.45, 7) is 3.50. The second kappa shape index (κ2) is 11.5. The van der Waals surface area contributed by atoms with Crippen LogP contribution in [0.25, 0.3) is 0 Å². The van der Waals surface area contributed by atoms with Crippen LogP contribution in [0.2, 0.25) is 10.0 Å². The molecule has 0 aromatic heterocycles. The molecule has 1 aliphatic heterocycles. The molecule has 1 heterocycles. The van der Waals surface area contributed by atoms with Gasteiger partial charge in [-0.2, -0.15) is 0 Å². The number of carbonyl (C=O) groups excluding carboxylic acids is 1. The van der Waals surface area contributed by atoms with Crippen molar-refractivity contribution in [2.75, 3.05) is 32.1 Å². The Morgan fingerprint density at radius 3 is 2.44 bits per heavy atom. The fraction of sp³-hybridized carbons (Fsp3) is 0.500. The maximum absolute atomic E-state index is 14.2. The van der Waals surface area contributed by atoms with Gasteiger partial charge in [-0.15, -0.1) is 0 Å². The lowest BCUT2D eigenvalue weighted by atomic mass is 9.85. The predicted octanol–water partition coefficient (Wildman–Crippen LogP) is 6.64. The number of amides is 1. The van der Waals surface area contributed by atoms with Crippen LogP contribution in [0.1, 0.15) is 43.7 Å². The van der Waals surface area contributed by atoms with Gasteiger partial charge in [-0.1, -0.05) is 54.7 Å². The number of rotatable bonds is 9. The average Bonchev–Trinajstić information content (AvgIpc) is 2.72. The van der Waals surface area contributed by atoms with Crippen LogP contribution in [0.3, 0.4) is 0 Å². The summed E-state index contributed by atoms with van der Waals surface area (Å²) in [7, 11) is 4.17. The lowest BCUT2D eigenvalue weighted by molar-refractivity contribution is -0.124. The molecule has 1 aliphatic rings. The Morgan fingerprint density at radius 1 is 1.09 bits per heavy atom. The molecule has 2 aromatic rings. The Balaban J connectivity index is 1.72. The van der Waals surface area contributed by atoms with Crippen molar-refractivity contribution in [1.82, 2.24) is 4.90 Å². The van der Waals surface area contributed by atoms with Crippen LogP contribution in [0.15, 0.2) is 36.4 Å². The van der Waals surface area contributed by atoms with Gasteiger partial charge in [0.15, 0.2) is 0 Å². The number of halogens is 3. The number of aryl methyl sites for hydroxylation is 1. The normalized spacial score (nSPS) is 19.1. The number of hydrogen-bond donors (Lipinski definition) is 0. The number of nitrogens with zero attached hydrogens (tertiary/aromatic N) is 2. The van der Waals surface area contributed by atoms with Gasteiger partial charge in [0.05, 0.1) is 15.7 Å². The van der Waals surface area contributed by atoms with Gasteiger partial charge in [-0.25, -0.2) is 4.39 Å². The average molecular weight is 479 g/mol. The van der Waals surface area contributed by atoms with Gasteiger partial charge in [-0.3, -0.25) is 4.79 Å². The summed E-state index contributed by atoms with van der Waals surface area (Å²) >= 11 is 13.3. The van der Waals surface area contributed by atoms with Crippen molar-refractivity contribution in [2.24, 2.45) is 11.8 Å². The van der Waals surface area contributed by atoms with Crippen LogP contribution >= 0.6 is 23.2 Å². The number of hydrogen-bond acceptors (Lipinski definition) is 2. The van der Waals surface area contributed by atoms with Crippen molar-refractivity contribution in [2.45, 2.75) is 45.4 Å². The van der Waals surface area contributed by atoms with Crippen LogP contribution in [0.4, 0.5) is 10.1 Å². The first kappa shape index (κ1) is 25.0. The number of benzene rings is 2. The molecule has 3 nitrogen and oxygen atoms in total. The first-order valence-electron chi connectivity index (χ1n) is 11.4. The van der Waals surface area contributed by atoms with Gasteiger partial charge in [0, 0.05) is 12.5 Å². The summed E-state index contributed by atoms with van der Waals surface area (Å²) in [4.78, 5) is 16.9. The third kappa shape index (κ3) is 6.46. The lowest BCUT2D eigenvalue weighted by Crippen LogP contribution is -2.45. The summed E-state index contributed by atoms with van der Waals surface area (Å²) in [6, 6.07) is 10.7. The molecule has 0 radical (unpaired) electrons. The van der Waals surface area contributed by atoms with Crippen LogP contribution in [0, 0.1) is 17.7 Å². The van der Waals surface area contributed by atoms with E-state index in [0.717, 1.165) is 44.2 Å². The number of unbranched alkanes of at least 4 members (excludes halogenated alkanes) is 2. The molecule has 0 aliphatic carbocycles. The Labute approximate surface area is 201 Å². The summed E-state index contributed by atoms with van der Waals surface area (Å²) in [6.07, 6.45) is 5.60. The molecule has 0 N–H and O–H groups in total. The minimum atomic E-state index is -0.199. The lowest BCUT2D eigenvalue weighted by Gasteiger charge is -2.37. The van der Waals surface area contributed by atoms with Gasteiger partial charge >= 0.3 is 0 Å². The molecule has 174 valence electrons. The molecule has 0 bridgehead atoms. The van der Waals surface area contributed by atoms with Crippen molar-refractivity contribution < 1.29 is 9.18 Å². The van der Waals surface area contributed by atoms with Crippen molar-refractivity contribution in [3.63, 3.8) is 0 Å². The fourth-order valence-electron chi connectivity index (χ4n) is 4.57. The molecule has 2 aromatic carbocycles. The highest BCUT2D eigenvalue weighted by Gasteiger charge is 2.34. The molecule has 1 saturated heterocycles. The molecule has 0 unspecified atom stereocenters. The number of carbonyl (C=O) groups is 1. The quantitative estimate of drug-likeness (QED) is 0.377. The summed E-state index contributed by atoms with van der Waals surface area (Å²) in [5, 5.41) is 1.01. The third-order valence-electron chi connectivity index (χ3n) is 6.20. The minimum Gasteiger partial charge on any atom is -0.309 e. The number of piperidine rings is 1. The number of anilines is 1. The van der Waals surface area contributed by atoms with Crippen molar-refractivity contribution in [1.29, 1.82) is 0 Å². The van der Waals surface area contributed by atoms with E-state index in [1.165, 1.54) is 6.07 Å². The maximum Gasteiger partial charge on any atom is 0.229 e. The van der Waals surface area contributed by atoms with E-state index in [-0.39, 0.29) is 23.6 Å². The molecule has 1 amide bonds. The van der Waals surface area contributed by atoms with E-state index in [1.54, 1.807) is 11.0 Å². The van der Waals surface area contributed by atoms with Gasteiger partial charge in [0.2, 0.25) is 5.91 Å². The summed E-state index contributed by atoms with van der Waals surface area (Å²) < 4.78 is 14.2. The van der Waals surface area contributed by atoms with Gasteiger partial charge in [-0.05, 0) is 88.0 Å². The van der Waals surface area contributed by atoms with Crippen molar-refractivity contribution >= 4 is 34.8 Å². The monoisotopic (exact) mass is 478 g/mol. The summed E-state index contributed by atoms with van der Waals surface area (Å²) in [5.74, 6) is -0.197. The highest BCUT2D eigenvalue weighted by Crippen LogP contribution is 2.39. The standard InChI is InChI=1S/C26H33Cl2FN2O/c1-18-13-20(14-21-10-6-7-11-24(21)29)17-31(26(18)32)25-22(27)15-19(16-23(25)28)9-5-4-8-12-30(2)3/h6-7,10-11,15-16,18,20H,4-5,8-9,12-14,17H2,1-3H3/t18-,20-/m1/s1. The van der Waals surface area contributed by atoms with Gasteiger partial charge < -0.3 is 9.80 Å². The molecule has 6 heteroatoms. The van der Waals surface area contributed by atoms with E-state index in [1.807, 2.05) is 31.2 Å². The fourth-order valence-corrected chi connectivity index (χ4v) is 5.30. The Hall–Kier alpha value is -1.62. The molecule has 2 atom stereocenters. The van der Waals surface area contributed by atoms with E-state index in [9.17, 15) is 9.18 Å². The van der Waals surface area contributed by atoms with E-state index in [0.29, 0.717) is 34.3 Å². The van der Waals surface area contributed by atoms with Crippen LogP contribution in [-0.4, -0.2) is 38.0 Å². The second-order valence-electron chi connectivity index (χ2n) is 9.27. The van der Waals surface area contributed by atoms with Crippen molar-refractivity contribution in [3.05, 3.63) is 63.4 Å². The Morgan fingerprint density at radius 2 is 1.78 bits per heavy atom. The smallest absolute Gasteiger partial charge is 0.229 e. The first-order valence-corrected chi connectivity index (χ1v) is 12.2. The van der Waals surface area contributed by atoms with E-state index < -0.39 is 0 Å². The predicted molar refractivity (Wildman–Crippen MR) is 132 cm³/mol. The van der Waals surface area contributed by atoms with Gasteiger partial charge in [0.1, 0.15) is 5.82 Å². The SMILES string of the molecule is C[C@@H]1C[C@H](Cc2ccccc2F)CN(c2c(Cl)cc(CCCCCN(C)C)cc2Cl)C1=O. The minimum absolute atomic E-state index is 0.0232. The first-order chi connectivity index (χ1) is 15.3. The summed E-state index contributed by atoms with van der Waals surface area (Å²) in [5.41, 5.74) is 2.36. The van der Waals surface area contributed by atoms with Crippen LogP contribution in [-0.2, 0) is 17.6 Å². The molecule has 0 saturated carbocycles. The highest BCUT2D eigenvalue weighted by atomic mass is 35.5. The molecule has 0 spiro atoms. The van der Waals surface area contributed by atoms with Crippen LogP contribution < -0.4 is 4.90 Å². The maximum atomic E-state index is 14.2. The molecule has 1 fully saturated rings. The van der Waals surface area contributed by atoms with Crippen LogP contribution in [0.5, 0.6) is 0 Å². The molecular formula is C26H33Cl2FN2O. The Kier molecular flexibility index (Phi) is 8.98.